The van der Waals surface area contributed by atoms with Crippen LogP contribution < -0.4 is 0 Å². The van der Waals surface area contributed by atoms with Gasteiger partial charge in [0.25, 0.3) is 0 Å². The Morgan fingerprint density at radius 3 is 1.50 bits per heavy atom. The first kappa shape index (κ1) is 13.4. The van der Waals surface area contributed by atoms with Gasteiger partial charge in [0.1, 0.15) is 5.60 Å². The summed E-state index contributed by atoms with van der Waals surface area (Å²) in [5, 5.41) is 48.7. The smallest absolute Gasteiger partial charge is 0.335 e. The van der Waals surface area contributed by atoms with Crippen LogP contribution in [0, 0.1) is 0 Å². The molecule has 0 bridgehead atoms. The average Bonchev–Trinajstić information content (AvgIpc) is 1.98. The van der Waals surface area contributed by atoms with Gasteiger partial charge < -0.3 is 25.5 Å². The van der Waals surface area contributed by atoms with E-state index in [0.29, 0.717) is 0 Å². The van der Waals surface area contributed by atoms with Crippen molar-refractivity contribution in [2.75, 3.05) is 0 Å². The molecule has 0 unspecified atom stereocenters. The molecule has 0 aromatic heterocycles. The summed E-state index contributed by atoms with van der Waals surface area (Å²) < 4.78 is 0. The zero-order chi connectivity index (χ0) is 13.0. The Balaban J connectivity index is 3.23. The SMILES string of the molecule is CC1(O)[C@](C)(O)CC(O)(C(=O)O)C[C@@]1(C)O. The topological polar surface area (TPSA) is 118 Å². The minimum Gasteiger partial charge on any atom is -0.479 e. The number of hydrogen-bond donors (Lipinski definition) is 5. The molecule has 0 spiro atoms. The predicted octanol–water partition coefficient (Wildman–Crippen LogP) is -1.15. The van der Waals surface area contributed by atoms with Crippen LogP contribution in [0.1, 0.15) is 33.6 Å². The molecule has 0 heterocycles. The quantitative estimate of drug-likeness (QED) is 0.391. The van der Waals surface area contributed by atoms with Crippen LogP contribution in [0.5, 0.6) is 0 Å². The molecule has 1 aliphatic carbocycles. The second kappa shape index (κ2) is 3.16. The third-order valence-corrected chi connectivity index (χ3v) is 3.77. The van der Waals surface area contributed by atoms with Crippen LogP contribution in [0.15, 0.2) is 0 Å². The Kier molecular flexibility index (Phi) is 2.64. The first-order valence-corrected chi connectivity index (χ1v) is 4.99. The van der Waals surface area contributed by atoms with E-state index in [9.17, 15) is 25.2 Å². The van der Waals surface area contributed by atoms with Crippen LogP contribution in [0.3, 0.4) is 0 Å². The summed E-state index contributed by atoms with van der Waals surface area (Å²) in [5.74, 6) is -1.52. The van der Waals surface area contributed by atoms with Gasteiger partial charge in [-0.1, -0.05) is 0 Å². The van der Waals surface area contributed by atoms with Crippen molar-refractivity contribution in [2.45, 2.75) is 56.0 Å². The molecule has 0 saturated heterocycles. The normalized spacial score (nSPS) is 53.7. The zero-order valence-corrected chi connectivity index (χ0v) is 9.56. The number of aliphatic carboxylic acids is 1. The summed E-state index contributed by atoms with van der Waals surface area (Å²) >= 11 is 0. The average molecular weight is 234 g/mol. The molecular weight excluding hydrogens is 216 g/mol. The number of aliphatic hydroxyl groups is 4. The van der Waals surface area contributed by atoms with Crippen LogP contribution in [-0.4, -0.2) is 53.9 Å². The molecule has 0 aliphatic heterocycles. The highest BCUT2D eigenvalue weighted by Gasteiger charge is 2.65. The lowest BCUT2D eigenvalue weighted by Crippen LogP contribution is -2.72. The molecule has 6 heteroatoms. The summed E-state index contributed by atoms with van der Waals surface area (Å²) in [6, 6.07) is 0. The molecule has 6 nitrogen and oxygen atoms in total. The van der Waals surface area contributed by atoms with Crippen molar-refractivity contribution in [3.05, 3.63) is 0 Å². The third-order valence-electron chi connectivity index (χ3n) is 3.77. The molecule has 0 amide bonds. The molecule has 1 rings (SSSR count). The molecule has 1 aliphatic rings. The van der Waals surface area contributed by atoms with E-state index in [1.165, 1.54) is 20.8 Å². The highest BCUT2D eigenvalue weighted by Crippen LogP contribution is 2.47. The molecule has 2 atom stereocenters. The standard InChI is InChI=1S/C10H18O6/c1-7(13)4-10(16,6(11)12)5-8(2,14)9(7,3)15/h13-16H,4-5H2,1-3H3,(H,11,12)/t7-,8-,9?,10?/m1/s1. The Labute approximate surface area is 93.2 Å². The van der Waals surface area contributed by atoms with Crippen molar-refractivity contribution < 1.29 is 30.3 Å². The van der Waals surface area contributed by atoms with Gasteiger partial charge in [0.2, 0.25) is 0 Å². The van der Waals surface area contributed by atoms with E-state index < -0.39 is 41.2 Å². The second-order valence-electron chi connectivity index (χ2n) is 5.31. The molecule has 94 valence electrons. The fourth-order valence-corrected chi connectivity index (χ4v) is 2.28. The highest BCUT2D eigenvalue weighted by atomic mass is 16.4. The molecule has 1 fully saturated rings. The van der Waals surface area contributed by atoms with Crippen LogP contribution in [0.4, 0.5) is 0 Å². The minimum atomic E-state index is -2.24. The summed E-state index contributed by atoms with van der Waals surface area (Å²) in [4.78, 5) is 10.9. The largest absolute Gasteiger partial charge is 0.479 e. The van der Waals surface area contributed by atoms with E-state index in [4.69, 9.17) is 5.11 Å². The monoisotopic (exact) mass is 234 g/mol. The van der Waals surface area contributed by atoms with E-state index in [2.05, 4.69) is 0 Å². The Hall–Kier alpha value is -0.690. The number of carboxylic acids is 1. The molecule has 0 aromatic rings. The van der Waals surface area contributed by atoms with Gasteiger partial charge in [0.15, 0.2) is 5.60 Å². The van der Waals surface area contributed by atoms with Gasteiger partial charge in [0, 0.05) is 12.8 Å². The van der Waals surface area contributed by atoms with E-state index in [0.717, 1.165) is 0 Å². The minimum absolute atomic E-state index is 0.543. The van der Waals surface area contributed by atoms with Crippen LogP contribution in [0.25, 0.3) is 0 Å². The molecule has 1 saturated carbocycles. The first-order chi connectivity index (χ1) is 6.86. The van der Waals surface area contributed by atoms with Crippen LogP contribution in [-0.2, 0) is 4.79 Å². The lowest BCUT2D eigenvalue weighted by atomic mass is 9.60. The lowest BCUT2D eigenvalue weighted by Gasteiger charge is -2.55. The maximum Gasteiger partial charge on any atom is 0.335 e. The fraction of sp³-hybridized carbons (Fsp3) is 0.900. The Morgan fingerprint density at radius 2 is 1.25 bits per heavy atom. The number of carboxylic acid groups (broad SMARTS) is 1. The summed E-state index contributed by atoms with van der Waals surface area (Å²) in [6.45, 7) is 3.59. The summed E-state index contributed by atoms with van der Waals surface area (Å²) in [5.41, 5.74) is -7.94. The third kappa shape index (κ3) is 1.62. The van der Waals surface area contributed by atoms with Gasteiger partial charge in [-0.05, 0) is 20.8 Å². The van der Waals surface area contributed by atoms with Gasteiger partial charge in [-0.25, -0.2) is 4.79 Å². The van der Waals surface area contributed by atoms with Crippen LogP contribution in [0.2, 0.25) is 0 Å². The molecule has 16 heavy (non-hydrogen) atoms. The van der Waals surface area contributed by atoms with Gasteiger partial charge in [0.05, 0.1) is 11.2 Å². The first-order valence-electron chi connectivity index (χ1n) is 4.99. The van der Waals surface area contributed by atoms with Crippen molar-refractivity contribution in [3.63, 3.8) is 0 Å². The van der Waals surface area contributed by atoms with Crippen LogP contribution >= 0.6 is 0 Å². The van der Waals surface area contributed by atoms with Crippen molar-refractivity contribution in [3.8, 4) is 0 Å². The summed E-state index contributed by atoms with van der Waals surface area (Å²) in [6.07, 6.45) is -1.09. The maximum atomic E-state index is 10.9. The number of rotatable bonds is 1. The van der Waals surface area contributed by atoms with Gasteiger partial charge in [-0.3, -0.25) is 0 Å². The highest BCUT2D eigenvalue weighted by molar-refractivity contribution is 5.78. The lowest BCUT2D eigenvalue weighted by molar-refractivity contribution is -0.283. The van der Waals surface area contributed by atoms with Crippen molar-refractivity contribution in [1.29, 1.82) is 0 Å². The molecular formula is C10H18O6. The number of carbonyl (C=O) groups is 1. The van der Waals surface area contributed by atoms with Crippen molar-refractivity contribution in [2.24, 2.45) is 0 Å². The fourth-order valence-electron chi connectivity index (χ4n) is 2.28. The second-order valence-corrected chi connectivity index (χ2v) is 5.31. The van der Waals surface area contributed by atoms with Gasteiger partial charge in [-0.2, -0.15) is 0 Å². The van der Waals surface area contributed by atoms with E-state index in [1.54, 1.807) is 0 Å². The Bertz CT molecular complexity index is 297. The van der Waals surface area contributed by atoms with Crippen molar-refractivity contribution >= 4 is 5.97 Å². The van der Waals surface area contributed by atoms with Gasteiger partial charge >= 0.3 is 5.97 Å². The molecule has 0 aromatic carbocycles. The Morgan fingerprint density at radius 1 is 0.938 bits per heavy atom. The molecule has 0 radical (unpaired) electrons. The predicted molar refractivity (Wildman–Crippen MR) is 53.7 cm³/mol. The summed E-state index contributed by atoms with van der Waals surface area (Å²) in [7, 11) is 0. The number of hydrogen-bond acceptors (Lipinski definition) is 5. The van der Waals surface area contributed by atoms with E-state index in [1.807, 2.05) is 0 Å². The van der Waals surface area contributed by atoms with Gasteiger partial charge in [-0.15, -0.1) is 0 Å². The molecule has 5 N–H and O–H groups in total. The zero-order valence-electron chi connectivity index (χ0n) is 9.56. The van der Waals surface area contributed by atoms with E-state index in [-0.39, 0.29) is 0 Å². The van der Waals surface area contributed by atoms with E-state index >= 15 is 0 Å². The maximum absolute atomic E-state index is 10.9. The van der Waals surface area contributed by atoms with Crippen molar-refractivity contribution in [1.82, 2.24) is 0 Å².